The molecule has 1 N–H and O–H groups in total. The van der Waals surface area contributed by atoms with Crippen LogP contribution >= 0.6 is 0 Å². The molecule has 190 valence electrons. The van der Waals surface area contributed by atoms with Crippen LogP contribution in [0.2, 0.25) is 0 Å². The number of para-hydroxylation sites is 1. The average Bonchev–Trinajstić information content (AvgIpc) is 3.37. The summed E-state index contributed by atoms with van der Waals surface area (Å²) in [5.41, 5.74) is 1.75. The van der Waals surface area contributed by atoms with Crippen molar-refractivity contribution in [1.29, 1.82) is 0 Å². The van der Waals surface area contributed by atoms with Crippen LogP contribution in [0.15, 0.2) is 47.3 Å². The first kappa shape index (κ1) is 25.3. The number of ether oxygens (including phenoxy) is 2. The number of carbonyl (C=O) groups is 1. The van der Waals surface area contributed by atoms with E-state index in [1.54, 1.807) is 23.1 Å². The molecule has 36 heavy (non-hydrogen) atoms. The molecule has 1 aliphatic heterocycles. The Hall–Kier alpha value is -3.81. The number of carbonyl (C=O) groups excluding carboxylic acids is 1. The van der Waals surface area contributed by atoms with Crippen molar-refractivity contribution in [2.45, 2.75) is 45.4 Å². The van der Waals surface area contributed by atoms with Crippen LogP contribution in [0, 0.1) is 6.92 Å². The van der Waals surface area contributed by atoms with Gasteiger partial charge in [-0.15, -0.1) is 0 Å². The molecule has 8 heteroatoms. The van der Waals surface area contributed by atoms with Gasteiger partial charge in [0.15, 0.2) is 5.56 Å². The van der Waals surface area contributed by atoms with Gasteiger partial charge in [0.1, 0.15) is 23.0 Å². The van der Waals surface area contributed by atoms with Gasteiger partial charge in [-0.3, -0.25) is 14.2 Å². The number of amides is 1. The Morgan fingerprint density at radius 3 is 2.44 bits per heavy atom. The second kappa shape index (κ2) is 10.8. The third kappa shape index (κ3) is 4.67. The zero-order valence-electron chi connectivity index (χ0n) is 21.3. The maximum Gasteiger partial charge on any atom is 0.275 e. The first-order chi connectivity index (χ1) is 17.4. The standard InChI is InChI=1S/C28H33N3O5/c1-5-6-14-23-29-26(32)24(28(34)31(23)25-21(35-3)12-9-13-22(25)36-4)27(33)30-16-15-19(17-30)20-11-8-7-10-18(20)2/h7-13,19,32H,5-6,14-17H2,1-4H3. The van der Waals surface area contributed by atoms with Crippen molar-refractivity contribution in [3.63, 3.8) is 0 Å². The summed E-state index contributed by atoms with van der Waals surface area (Å²) in [4.78, 5) is 33.5. The molecule has 4 rings (SSSR count). The Morgan fingerprint density at radius 2 is 1.81 bits per heavy atom. The van der Waals surface area contributed by atoms with Crippen LogP contribution in [-0.4, -0.2) is 52.8 Å². The monoisotopic (exact) mass is 491 g/mol. The van der Waals surface area contributed by atoms with Gasteiger partial charge in [0, 0.05) is 25.4 Å². The average molecular weight is 492 g/mol. The highest BCUT2D eigenvalue weighted by Crippen LogP contribution is 2.34. The van der Waals surface area contributed by atoms with Crippen molar-refractivity contribution in [2.75, 3.05) is 27.3 Å². The van der Waals surface area contributed by atoms with E-state index in [0.29, 0.717) is 42.5 Å². The predicted molar refractivity (Wildman–Crippen MR) is 138 cm³/mol. The maximum atomic E-state index is 13.9. The van der Waals surface area contributed by atoms with Gasteiger partial charge >= 0.3 is 0 Å². The number of aromatic hydroxyl groups is 1. The molecule has 0 saturated carbocycles. The summed E-state index contributed by atoms with van der Waals surface area (Å²) in [5.74, 6) is 0.261. The molecule has 1 saturated heterocycles. The van der Waals surface area contributed by atoms with Gasteiger partial charge in [0.05, 0.1) is 14.2 Å². The minimum atomic E-state index is -0.638. The highest BCUT2D eigenvalue weighted by molar-refractivity contribution is 5.96. The second-order valence-corrected chi connectivity index (χ2v) is 9.08. The minimum Gasteiger partial charge on any atom is -0.494 e. The number of methoxy groups -OCH3 is 2. The zero-order valence-corrected chi connectivity index (χ0v) is 21.3. The van der Waals surface area contributed by atoms with Crippen molar-refractivity contribution in [2.24, 2.45) is 0 Å². The fourth-order valence-electron chi connectivity index (χ4n) is 4.93. The molecule has 2 aromatic carbocycles. The summed E-state index contributed by atoms with van der Waals surface area (Å²) in [6, 6.07) is 13.3. The van der Waals surface area contributed by atoms with Crippen molar-refractivity contribution < 1.29 is 19.4 Å². The van der Waals surface area contributed by atoms with Crippen LogP contribution in [-0.2, 0) is 6.42 Å². The number of hydrogen-bond acceptors (Lipinski definition) is 6. The number of likely N-dealkylation sites (tertiary alicyclic amines) is 1. The predicted octanol–water partition coefficient (Wildman–Crippen LogP) is 4.24. The summed E-state index contributed by atoms with van der Waals surface area (Å²) in [5, 5.41) is 10.8. The van der Waals surface area contributed by atoms with Gasteiger partial charge in [0.25, 0.3) is 11.5 Å². The third-order valence-corrected chi connectivity index (χ3v) is 6.83. The number of aromatic nitrogens is 2. The van der Waals surface area contributed by atoms with Crippen molar-refractivity contribution in [3.05, 3.63) is 75.3 Å². The molecule has 1 amide bonds. The van der Waals surface area contributed by atoms with Crippen LogP contribution < -0.4 is 15.0 Å². The molecule has 0 radical (unpaired) electrons. The summed E-state index contributed by atoms with van der Waals surface area (Å²) in [6.07, 6.45) is 2.84. The smallest absolute Gasteiger partial charge is 0.275 e. The molecule has 3 aromatic rings. The molecule has 1 aromatic heterocycles. The zero-order chi connectivity index (χ0) is 25.8. The summed E-state index contributed by atoms with van der Waals surface area (Å²) in [7, 11) is 3.01. The summed E-state index contributed by atoms with van der Waals surface area (Å²) >= 11 is 0. The molecular weight excluding hydrogens is 458 g/mol. The van der Waals surface area contributed by atoms with E-state index >= 15 is 0 Å². The largest absolute Gasteiger partial charge is 0.494 e. The summed E-state index contributed by atoms with van der Waals surface area (Å²) in [6.45, 7) is 5.05. The lowest BCUT2D eigenvalue weighted by Gasteiger charge is -2.21. The second-order valence-electron chi connectivity index (χ2n) is 9.08. The molecule has 0 bridgehead atoms. The number of hydrogen-bond donors (Lipinski definition) is 1. The molecule has 0 spiro atoms. The lowest BCUT2D eigenvalue weighted by Crippen LogP contribution is -2.37. The Labute approximate surface area is 211 Å². The molecule has 2 heterocycles. The van der Waals surface area contributed by atoms with Crippen LogP contribution in [0.4, 0.5) is 0 Å². The molecule has 1 aliphatic rings. The maximum absolute atomic E-state index is 13.9. The van der Waals surface area contributed by atoms with Crippen molar-refractivity contribution >= 4 is 5.91 Å². The fourth-order valence-corrected chi connectivity index (χ4v) is 4.93. The topological polar surface area (TPSA) is 93.9 Å². The highest BCUT2D eigenvalue weighted by Gasteiger charge is 2.33. The van der Waals surface area contributed by atoms with E-state index in [2.05, 4.69) is 24.0 Å². The lowest BCUT2D eigenvalue weighted by atomic mass is 9.94. The van der Waals surface area contributed by atoms with E-state index in [4.69, 9.17) is 9.47 Å². The molecule has 1 fully saturated rings. The Morgan fingerprint density at radius 1 is 1.11 bits per heavy atom. The van der Waals surface area contributed by atoms with E-state index in [0.717, 1.165) is 19.3 Å². The van der Waals surface area contributed by atoms with Gasteiger partial charge in [-0.1, -0.05) is 43.7 Å². The number of unbranched alkanes of at least 4 members (excludes halogenated alkanes) is 1. The van der Waals surface area contributed by atoms with E-state index in [1.807, 2.05) is 19.1 Å². The van der Waals surface area contributed by atoms with Gasteiger partial charge < -0.3 is 19.5 Å². The number of nitrogens with zero attached hydrogens (tertiary/aromatic N) is 3. The third-order valence-electron chi connectivity index (χ3n) is 6.83. The van der Waals surface area contributed by atoms with Crippen molar-refractivity contribution in [1.82, 2.24) is 14.5 Å². The van der Waals surface area contributed by atoms with Crippen molar-refractivity contribution in [3.8, 4) is 23.1 Å². The number of benzene rings is 2. The van der Waals surface area contributed by atoms with Crippen LogP contribution in [0.3, 0.4) is 0 Å². The Bertz CT molecular complexity index is 1290. The first-order valence-electron chi connectivity index (χ1n) is 12.3. The van der Waals surface area contributed by atoms with E-state index in [1.165, 1.54) is 29.9 Å². The van der Waals surface area contributed by atoms with Crippen LogP contribution in [0.25, 0.3) is 5.69 Å². The SMILES string of the molecule is CCCCc1nc(O)c(C(=O)N2CCC(c3ccccc3C)C2)c(=O)n1-c1c(OC)cccc1OC. The molecule has 1 atom stereocenters. The van der Waals surface area contributed by atoms with Gasteiger partial charge in [-0.2, -0.15) is 4.98 Å². The molecule has 0 aliphatic carbocycles. The normalized spacial score (nSPS) is 15.2. The van der Waals surface area contributed by atoms with Crippen LogP contribution in [0.1, 0.15) is 59.4 Å². The Balaban J connectivity index is 1.80. The van der Waals surface area contributed by atoms with Crippen LogP contribution in [0.5, 0.6) is 17.4 Å². The molecular formula is C28H33N3O5. The van der Waals surface area contributed by atoms with Gasteiger partial charge in [-0.25, -0.2) is 0 Å². The summed E-state index contributed by atoms with van der Waals surface area (Å²) < 4.78 is 12.4. The minimum absolute atomic E-state index is 0.172. The highest BCUT2D eigenvalue weighted by atomic mass is 16.5. The number of aryl methyl sites for hydroxylation is 2. The molecule has 1 unspecified atom stereocenters. The fraction of sp³-hybridized carbons (Fsp3) is 0.393. The van der Waals surface area contributed by atoms with E-state index < -0.39 is 17.3 Å². The van der Waals surface area contributed by atoms with E-state index in [-0.39, 0.29) is 11.5 Å². The Kier molecular flexibility index (Phi) is 7.62. The van der Waals surface area contributed by atoms with E-state index in [9.17, 15) is 14.7 Å². The van der Waals surface area contributed by atoms with Gasteiger partial charge in [-0.05, 0) is 43.0 Å². The number of rotatable bonds is 8. The molecule has 8 nitrogen and oxygen atoms in total. The lowest BCUT2D eigenvalue weighted by molar-refractivity contribution is 0.0784. The quantitative estimate of drug-likeness (QED) is 0.507. The van der Waals surface area contributed by atoms with Gasteiger partial charge in [0.2, 0.25) is 5.88 Å². The first-order valence-corrected chi connectivity index (χ1v) is 12.3.